The molecule has 0 aromatic rings. The van der Waals surface area contributed by atoms with Gasteiger partial charge < -0.3 is 4.90 Å². The van der Waals surface area contributed by atoms with Gasteiger partial charge in [0.05, 0.1) is 0 Å². The summed E-state index contributed by atoms with van der Waals surface area (Å²) in [6, 6.07) is 0.579. The van der Waals surface area contributed by atoms with E-state index in [1.54, 1.807) is 11.8 Å². The fourth-order valence-corrected chi connectivity index (χ4v) is 2.40. The second kappa shape index (κ2) is 5.99. The van der Waals surface area contributed by atoms with E-state index in [9.17, 15) is 0 Å². The maximum Gasteiger partial charge on any atom is 0.208 e. The Labute approximate surface area is 95.9 Å². The molecule has 0 aliphatic carbocycles. The Bertz CT molecular complexity index is 271. The zero-order chi connectivity index (χ0) is 11.3. The van der Waals surface area contributed by atoms with Crippen LogP contribution in [-0.2, 0) is 0 Å². The van der Waals surface area contributed by atoms with Crippen LogP contribution in [0.3, 0.4) is 0 Å². The normalized spacial score (nSPS) is 24.0. The third-order valence-electron chi connectivity index (χ3n) is 2.85. The number of aliphatic imine (C=N–C) groups is 1. The molecule has 1 fully saturated rings. The van der Waals surface area contributed by atoms with E-state index in [0.717, 1.165) is 31.2 Å². The number of amidine groups is 1. The average Bonchev–Trinajstić information content (AvgIpc) is 2.27. The number of likely N-dealkylation sites (N-methyl/N-ethyl adjacent to an activating group) is 1. The van der Waals surface area contributed by atoms with Gasteiger partial charge in [-0.15, -0.1) is 4.99 Å². The van der Waals surface area contributed by atoms with Crippen LogP contribution in [0, 0.1) is 11.5 Å². The van der Waals surface area contributed by atoms with Crippen LogP contribution in [0.2, 0.25) is 0 Å². The predicted molar refractivity (Wildman–Crippen MR) is 64.8 cm³/mol. The molecule has 0 bridgehead atoms. The molecule has 1 atom stereocenters. The minimum atomic E-state index is 0.579. The molecule has 1 rings (SSSR count). The average molecular weight is 226 g/mol. The lowest BCUT2D eigenvalue weighted by atomic mass is 10.1. The van der Waals surface area contributed by atoms with Crippen LogP contribution >= 0.6 is 11.8 Å². The molecule has 0 amide bonds. The Hall–Kier alpha value is -0.730. The lowest BCUT2D eigenvalue weighted by Crippen LogP contribution is -2.52. The molecule has 84 valence electrons. The van der Waals surface area contributed by atoms with E-state index in [4.69, 9.17) is 5.26 Å². The summed E-state index contributed by atoms with van der Waals surface area (Å²) in [6.07, 6.45) is 4.98. The third-order valence-corrected chi connectivity index (χ3v) is 3.56. The van der Waals surface area contributed by atoms with Crippen molar-refractivity contribution in [3.05, 3.63) is 0 Å². The Morgan fingerprint density at radius 2 is 2.33 bits per heavy atom. The zero-order valence-corrected chi connectivity index (χ0v) is 10.4. The van der Waals surface area contributed by atoms with Gasteiger partial charge in [0.25, 0.3) is 0 Å². The first-order valence-electron chi connectivity index (χ1n) is 5.18. The van der Waals surface area contributed by atoms with Gasteiger partial charge in [-0.2, -0.15) is 5.26 Å². The number of thioether (sulfide) groups is 1. The van der Waals surface area contributed by atoms with Gasteiger partial charge in [-0.3, -0.25) is 4.90 Å². The van der Waals surface area contributed by atoms with Crippen LogP contribution in [0.15, 0.2) is 4.99 Å². The fraction of sp³-hybridized carbons (Fsp3) is 0.800. The second-order valence-electron chi connectivity index (χ2n) is 3.69. The molecule has 0 N–H and O–H groups in total. The van der Waals surface area contributed by atoms with Gasteiger partial charge >= 0.3 is 0 Å². The quantitative estimate of drug-likeness (QED) is 0.383. The SMILES string of the molecule is CCC1CN(C(=NC#N)SC)CCN1C. The molecule has 1 aliphatic heterocycles. The summed E-state index contributed by atoms with van der Waals surface area (Å²) in [5, 5.41) is 9.44. The Kier molecular flexibility index (Phi) is 4.92. The number of rotatable bonds is 1. The number of piperazine rings is 1. The fourth-order valence-electron chi connectivity index (χ4n) is 1.85. The van der Waals surface area contributed by atoms with Crippen LogP contribution in [0.4, 0.5) is 0 Å². The zero-order valence-electron chi connectivity index (χ0n) is 9.60. The van der Waals surface area contributed by atoms with Crippen LogP contribution in [0.5, 0.6) is 0 Å². The van der Waals surface area contributed by atoms with Crippen molar-refractivity contribution in [1.29, 1.82) is 5.26 Å². The maximum atomic E-state index is 8.59. The highest BCUT2D eigenvalue weighted by Gasteiger charge is 2.24. The number of hydrogen-bond donors (Lipinski definition) is 0. The second-order valence-corrected chi connectivity index (χ2v) is 4.46. The number of nitrogens with zero attached hydrogens (tertiary/aromatic N) is 4. The van der Waals surface area contributed by atoms with E-state index in [1.165, 1.54) is 0 Å². The van der Waals surface area contributed by atoms with E-state index < -0.39 is 0 Å². The lowest BCUT2D eigenvalue weighted by Gasteiger charge is -2.39. The largest absolute Gasteiger partial charge is 0.348 e. The molecule has 0 radical (unpaired) electrons. The van der Waals surface area contributed by atoms with Crippen LogP contribution in [0.1, 0.15) is 13.3 Å². The van der Waals surface area contributed by atoms with Crippen LogP contribution in [0.25, 0.3) is 0 Å². The van der Waals surface area contributed by atoms with E-state index in [1.807, 2.05) is 12.4 Å². The molecule has 5 heteroatoms. The first-order valence-corrected chi connectivity index (χ1v) is 6.41. The van der Waals surface area contributed by atoms with E-state index >= 15 is 0 Å². The first-order chi connectivity index (χ1) is 7.22. The van der Waals surface area contributed by atoms with Gasteiger partial charge in [0, 0.05) is 25.7 Å². The van der Waals surface area contributed by atoms with Crippen molar-refractivity contribution in [1.82, 2.24) is 9.80 Å². The van der Waals surface area contributed by atoms with Crippen molar-refractivity contribution in [2.24, 2.45) is 4.99 Å². The van der Waals surface area contributed by atoms with Gasteiger partial charge in [-0.25, -0.2) is 0 Å². The molecular weight excluding hydrogens is 208 g/mol. The maximum absolute atomic E-state index is 8.59. The topological polar surface area (TPSA) is 42.6 Å². The summed E-state index contributed by atoms with van der Waals surface area (Å²) in [5.74, 6) is 0. The lowest BCUT2D eigenvalue weighted by molar-refractivity contribution is 0.139. The molecule has 4 nitrogen and oxygen atoms in total. The molecule has 15 heavy (non-hydrogen) atoms. The first kappa shape index (κ1) is 12.3. The molecular formula is C10H18N4S. The van der Waals surface area contributed by atoms with Gasteiger partial charge in [-0.1, -0.05) is 18.7 Å². The smallest absolute Gasteiger partial charge is 0.208 e. The number of nitriles is 1. The molecule has 0 aromatic heterocycles. The Balaban J connectivity index is 2.65. The van der Waals surface area contributed by atoms with Crippen molar-refractivity contribution in [3.63, 3.8) is 0 Å². The molecule has 0 aromatic carbocycles. The molecule has 1 heterocycles. The predicted octanol–water partition coefficient (Wildman–Crippen LogP) is 1.21. The van der Waals surface area contributed by atoms with Crippen molar-refractivity contribution >= 4 is 16.9 Å². The van der Waals surface area contributed by atoms with Crippen molar-refractivity contribution in [2.45, 2.75) is 19.4 Å². The van der Waals surface area contributed by atoms with E-state index in [-0.39, 0.29) is 0 Å². The standard InChI is InChI=1S/C10H18N4S/c1-4-9-7-14(6-5-13(9)2)10(15-3)12-8-11/h9H,4-7H2,1-3H3. The highest BCUT2D eigenvalue weighted by molar-refractivity contribution is 8.13. The van der Waals surface area contributed by atoms with Gasteiger partial charge in [0.2, 0.25) is 6.19 Å². The van der Waals surface area contributed by atoms with Gasteiger partial charge in [0.15, 0.2) is 5.17 Å². The minimum absolute atomic E-state index is 0.579. The molecule has 1 saturated heterocycles. The molecule has 1 unspecified atom stereocenters. The van der Waals surface area contributed by atoms with Crippen LogP contribution in [-0.4, -0.2) is 53.9 Å². The van der Waals surface area contributed by atoms with Gasteiger partial charge in [0.1, 0.15) is 0 Å². The molecule has 0 spiro atoms. The summed E-state index contributed by atoms with van der Waals surface area (Å²) < 4.78 is 0. The van der Waals surface area contributed by atoms with Crippen molar-refractivity contribution in [3.8, 4) is 6.19 Å². The summed E-state index contributed by atoms with van der Waals surface area (Å²) in [7, 11) is 2.16. The summed E-state index contributed by atoms with van der Waals surface area (Å²) in [4.78, 5) is 8.44. The Morgan fingerprint density at radius 3 is 2.87 bits per heavy atom. The molecule has 0 saturated carbocycles. The van der Waals surface area contributed by atoms with E-state index in [0.29, 0.717) is 6.04 Å². The third kappa shape index (κ3) is 3.11. The van der Waals surface area contributed by atoms with Crippen molar-refractivity contribution < 1.29 is 0 Å². The summed E-state index contributed by atoms with van der Waals surface area (Å²) in [6.45, 7) is 5.19. The van der Waals surface area contributed by atoms with Crippen LogP contribution < -0.4 is 0 Å². The molecule has 1 aliphatic rings. The van der Waals surface area contributed by atoms with E-state index in [2.05, 4.69) is 28.8 Å². The summed E-state index contributed by atoms with van der Waals surface area (Å²) in [5.41, 5.74) is 0. The Morgan fingerprint density at radius 1 is 1.60 bits per heavy atom. The summed E-state index contributed by atoms with van der Waals surface area (Å²) >= 11 is 1.55. The highest BCUT2D eigenvalue weighted by atomic mass is 32.2. The highest BCUT2D eigenvalue weighted by Crippen LogP contribution is 2.14. The monoisotopic (exact) mass is 226 g/mol. The van der Waals surface area contributed by atoms with Crippen molar-refractivity contribution in [2.75, 3.05) is 32.9 Å². The van der Waals surface area contributed by atoms with Gasteiger partial charge in [-0.05, 0) is 19.7 Å². The number of hydrogen-bond acceptors (Lipinski definition) is 4. The minimum Gasteiger partial charge on any atom is -0.348 e.